The van der Waals surface area contributed by atoms with E-state index in [-0.39, 0.29) is 17.8 Å². The van der Waals surface area contributed by atoms with Gasteiger partial charge in [0, 0.05) is 17.3 Å². The number of carbonyl (C=O) groups excluding carboxylic acids is 1. The highest BCUT2D eigenvalue weighted by Crippen LogP contribution is 2.34. The number of anilines is 2. The van der Waals surface area contributed by atoms with Crippen LogP contribution in [0.4, 0.5) is 11.8 Å². The summed E-state index contributed by atoms with van der Waals surface area (Å²) in [6.07, 6.45) is 2.18. The summed E-state index contributed by atoms with van der Waals surface area (Å²) in [5, 5.41) is 2.77. The Morgan fingerprint density at radius 2 is 2.20 bits per heavy atom. The van der Waals surface area contributed by atoms with Crippen molar-refractivity contribution in [3.63, 3.8) is 0 Å². The molecule has 3 N–H and O–H groups in total. The first-order valence-corrected chi connectivity index (χ1v) is 6.24. The van der Waals surface area contributed by atoms with Crippen LogP contribution in [0.5, 0.6) is 5.75 Å². The van der Waals surface area contributed by atoms with Crippen LogP contribution in [-0.4, -0.2) is 23.0 Å². The Labute approximate surface area is 116 Å². The zero-order valence-corrected chi connectivity index (χ0v) is 11.0. The minimum atomic E-state index is -0.314. The average molecular weight is 270 g/mol. The van der Waals surface area contributed by atoms with Crippen LogP contribution in [0.2, 0.25) is 0 Å². The number of rotatable bonds is 2. The second-order valence-electron chi connectivity index (χ2n) is 4.59. The molecule has 0 radical (unpaired) electrons. The Balaban J connectivity index is 2.00. The maximum atomic E-state index is 12.3. The number of benzene rings is 1. The van der Waals surface area contributed by atoms with Crippen LogP contribution < -0.4 is 15.8 Å². The molecule has 1 amide bonds. The number of amides is 1. The first-order chi connectivity index (χ1) is 9.69. The number of methoxy groups -OCH3 is 1. The lowest BCUT2D eigenvalue weighted by Gasteiger charge is -2.25. The Morgan fingerprint density at radius 3 is 3.00 bits per heavy atom. The minimum absolute atomic E-state index is 0.111. The van der Waals surface area contributed by atoms with Crippen molar-refractivity contribution < 1.29 is 9.53 Å². The summed E-state index contributed by atoms with van der Waals surface area (Å²) in [4.78, 5) is 20.3. The van der Waals surface area contributed by atoms with Gasteiger partial charge in [-0.2, -0.15) is 4.98 Å². The molecule has 102 valence electrons. The number of nitrogens with one attached hydrogen (secondary N) is 1. The molecule has 0 fully saturated rings. The van der Waals surface area contributed by atoms with Gasteiger partial charge in [-0.25, -0.2) is 4.98 Å². The van der Waals surface area contributed by atoms with Crippen molar-refractivity contribution in [1.82, 2.24) is 9.97 Å². The highest BCUT2D eigenvalue weighted by molar-refractivity contribution is 5.98. The van der Waals surface area contributed by atoms with Crippen molar-refractivity contribution in [2.45, 2.75) is 12.3 Å². The fourth-order valence-corrected chi connectivity index (χ4v) is 2.40. The number of para-hydroxylation sites is 1. The number of ether oxygens (including phenoxy) is 1. The molecular formula is C14H14N4O2. The monoisotopic (exact) mass is 270 g/mol. The maximum absolute atomic E-state index is 12.3. The lowest BCUT2D eigenvalue weighted by atomic mass is 9.88. The summed E-state index contributed by atoms with van der Waals surface area (Å²) < 4.78 is 5.32. The summed E-state index contributed by atoms with van der Waals surface area (Å²) in [7, 11) is 1.59. The Kier molecular flexibility index (Phi) is 2.98. The van der Waals surface area contributed by atoms with Crippen LogP contribution >= 0.6 is 0 Å². The number of carbonyl (C=O) groups is 1. The zero-order valence-electron chi connectivity index (χ0n) is 11.0. The van der Waals surface area contributed by atoms with Gasteiger partial charge in [-0.15, -0.1) is 0 Å². The summed E-state index contributed by atoms with van der Waals surface area (Å²) in [5.41, 5.74) is 7.25. The lowest BCUT2D eigenvalue weighted by Crippen LogP contribution is -2.29. The van der Waals surface area contributed by atoms with Gasteiger partial charge in [0.2, 0.25) is 11.9 Å². The SMILES string of the molecule is COc1ccccc1C1Cc2cnc(N)nc2NC1=O. The highest BCUT2D eigenvalue weighted by Gasteiger charge is 2.30. The second-order valence-corrected chi connectivity index (χ2v) is 4.59. The Bertz CT molecular complexity index is 672. The summed E-state index contributed by atoms with van der Waals surface area (Å²) in [5.74, 6) is 0.923. The molecule has 0 saturated heterocycles. The van der Waals surface area contributed by atoms with Gasteiger partial charge in [0.05, 0.1) is 13.0 Å². The van der Waals surface area contributed by atoms with Crippen LogP contribution in [0.3, 0.4) is 0 Å². The van der Waals surface area contributed by atoms with Gasteiger partial charge in [-0.05, 0) is 12.5 Å². The molecule has 0 bridgehead atoms. The second kappa shape index (κ2) is 4.80. The van der Waals surface area contributed by atoms with E-state index < -0.39 is 0 Å². The van der Waals surface area contributed by atoms with Crippen molar-refractivity contribution in [3.8, 4) is 5.75 Å². The first kappa shape index (κ1) is 12.4. The van der Waals surface area contributed by atoms with E-state index in [0.717, 1.165) is 11.1 Å². The van der Waals surface area contributed by atoms with Gasteiger partial charge in [-0.1, -0.05) is 18.2 Å². The molecule has 2 aromatic rings. The van der Waals surface area contributed by atoms with Crippen molar-refractivity contribution in [2.75, 3.05) is 18.2 Å². The number of hydrogen-bond donors (Lipinski definition) is 2. The number of hydrogen-bond acceptors (Lipinski definition) is 5. The molecule has 1 aliphatic heterocycles. The van der Waals surface area contributed by atoms with E-state index in [1.807, 2.05) is 24.3 Å². The third kappa shape index (κ3) is 2.05. The Hall–Kier alpha value is -2.63. The predicted molar refractivity (Wildman–Crippen MR) is 74.5 cm³/mol. The molecule has 1 aliphatic rings. The molecule has 1 aromatic heterocycles. The van der Waals surface area contributed by atoms with Gasteiger partial charge >= 0.3 is 0 Å². The van der Waals surface area contributed by atoms with E-state index >= 15 is 0 Å². The lowest BCUT2D eigenvalue weighted by molar-refractivity contribution is -0.117. The molecule has 1 atom stereocenters. The minimum Gasteiger partial charge on any atom is -0.496 e. The highest BCUT2D eigenvalue weighted by atomic mass is 16.5. The number of nitrogens with zero attached hydrogens (tertiary/aromatic N) is 2. The van der Waals surface area contributed by atoms with Crippen LogP contribution in [0, 0.1) is 0 Å². The van der Waals surface area contributed by atoms with Crippen molar-refractivity contribution in [2.24, 2.45) is 0 Å². The van der Waals surface area contributed by atoms with E-state index in [1.54, 1.807) is 13.3 Å². The first-order valence-electron chi connectivity index (χ1n) is 6.24. The molecule has 0 aliphatic carbocycles. The summed E-state index contributed by atoms with van der Waals surface area (Å²) in [6.45, 7) is 0. The van der Waals surface area contributed by atoms with Crippen LogP contribution in [-0.2, 0) is 11.2 Å². The van der Waals surface area contributed by atoms with Gasteiger partial charge in [0.25, 0.3) is 0 Å². The number of fused-ring (bicyclic) bond motifs is 1. The van der Waals surface area contributed by atoms with E-state index in [1.165, 1.54) is 0 Å². The van der Waals surface area contributed by atoms with Crippen LogP contribution in [0.25, 0.3) is 0 Å². The van der Waals surface area contributed by atoms with Crippen molar-refractivity contribution in [3.05, 3.63) is 41.6 Å². The number of nitrogens with two attached hydrogens (primary N) is 1. The van der Waals surface area contributed by atoms with Crippen molar-refractivity contribution >= 4 is 17.7 Å². The van der Waals surface area contributed by atoms with Gasteiger partial charge in [-0.3, -0.25) is 4.79 Å². The smallest absolute Gasteiger partial charge is 0.233 e. The third-order valence-corrected chi connectivity index (χ3v) is 3.38. The van der Waals surface area contributed by atoms with E-state index in [4.69, 9.17) is 10.5 Å². The average Bonchev–Trinajstić information content (AvgIpc) is 2.46. The topological polar surface area (TPSA) is 90.1 Å². The molecule has 3 rings (SSSR count). The maximum Gasteiger partial charge on any atom is 0.233 e. The fraction of sp³-hybridized carbons (Fsp3) is 0.214. The van der Waals surface area contributed by atoms with Gasteiger partial charge in [0.15, 0.2) is 0 Å². The van der Waals surface area contributed by atoms with Gasteiger partial charge in [0.1, 0.15) is 11.6 Å². The summed E-state index contributed by atoms with van der Waals surface area (Å²) in [6, 6.07) is 7.50. The third-order valence-electron chi connectivity index (χ3n) is 3.38. The zero-order chi connectivity index (χ0) is 14.1. The molecule has 0 saturated carbocycles. The molecule has 20 heavy (non-hydrogen) atoms. The summed E-state index contributed by atoms with van der Waals surface area (Å²) >= 11 is 0. The van der Waals surface area contributed by atoms with E-state index in [0.29, 0.717) is 18.0 Å². The Morgan fingerprint density at radius 1 is 1.40 bits per heavy atom. The quantitative estimate of drug-likeness (QED) is 0.859. The molecular weight excluding hydrogens is 256 g/mol. The molecule has 0 spiro atoms. The standard InChI is InChI=1S/C14H14N4O2/c1-20-11-5-3-2-4-9(11)10-6-8-7-16-14(15)18-12(8)17-13(10)19/h2-5,7,10H,6H2,1H3,(H3,15,16,17,18,19). The molecule has 6 nitrogen and oxygen atoms in total. The van der Waals surface area contributed by atoms with Gasteiger partial charge < -0.3 is 15.8 Å². The molecule has 1 unspecified atom stereocenters. The molecule has 2 heterocycles. The van der Waals surface area contributed by atoms with Crippen molar-refractivity contribution in [1.29, 1.82) is 0 Å². The van der Waals surface area contributed by atoms with Crippen LogP contribution in [0.1, 0.15) is 17.0 Å². The van der Waals surface area contributed by atoms with Crippen LogP contribution in [0.15, 0.2) is 30.5 Å². The van der Waals surface area contributed by atoms with E-state index in [2.05, 4.69) is 15.3 Å². The molecule has 6 heteroatoms. The predicted octanol–water partition coefficient (Wildman–Crippen LogP) is 1.35. The molecule has 1 aromatic carbocycles. The van der Waals surface area contributed by atoms with E-state index in [9.17, 15) is 4.79 Å². The largest absolute Gasteiger partial charge is 0.496 e. The number of nitrogen functional groups attached to an aromatic ring is 1. The number of aromatic nitrogens is 2. The fourth-order valence-electron chi connectivity index (χ4n) is 2.40. The normalized spacial score (nSPS) is 17.2.